The van der Waals surface area contributed by atoms with Crippen molar-refractivity contribution in [1.82, 2.24) is 5.32 Å². The predicted octanol–water partition coefficient (Wildman–Crippen LogP) is 3.83. The minimum absolute atomic E-state index is 0.0354. The van der Waals surface area contributed by atoms with E-state index in [1.54, 1.807) is 23.1 Å². The lowest BCUT2D eigenvalue weighted by Crippen LogP contribution is -2.39. The first-order chi connectivity index (χ1) is 12.1. The molecule has 1 heterocycles. The second-order valence-electron chi connectivity index (χ2n) is 6.01. The monoisotopic (exact) mass is 362 g/mol. The Morgan fingerprint density at radius 1 is 1.36 bits per heavy atom. The smallest absolute Gasteiger partial charge is 0.259 e. The van der Waals surface area contributed by atoms with Gasteiger partial charge in [-0.2, -0.15) is 0 Å². The molecule has 0 saturated carbocycles. The number of halogens is 2. The van der Waals surface area contributed by atoms with E-state index in [0.717, 1.165) is 11.3 Å². The molecule has 1 N–H and O–H groups in total. The number of para-hydroxylation sites is 1. The first kappa shape index (κ1) is 17.7. The molecule has 0 aliphatic carbocycles. The molecule has 25 heavy (non-hydrogen) atoms. The molecule has 0 aromatic heterocycles. The fraction of sp³-hybridized carbons (Fsp3) is 0.316. The summed E-state index contributed by atoms with van der Waals surface area (Å²) in [6, 6.07) is 12.8. The molecule has 1 atom stereocenters. The molecule has 0 bridgehead atoms. The van der Waals surface area contributed by atoms with Crippen LogP contribution in [0.4, 0.5) is 10.1 Å². The zero-order chi connectivity index (χ0) is 17.8. The van der Waals surface area contributed by atoms with Gasteiger partial charge in [0.15, 0.2) is 0 Å². The van der Waals surface area contributed by atoms with Gasteiger partial charge in [-0.25, -0.2) is 4.39 Å². The number of nitrogens with zero attached hydrogens (tertiary/aromatic N) is 1. The number of ether oxygens (including phenoxy) is 1. The third kappa shape index (κ3) is 3.94. The highest BCUT2D eigenvalue weighted by atomic mass is 35.5. The van der Waals surface area contributed by atoms with E-state index >= 15 is 0 Å². The van der Waals surface area contributed by atoms with E-state index in [4.69, 9.17) is 16.3 Å². The summed E-state index contributed by atoms with van der Waals surface area (Å²) in [4.78, 5) is 14.9. The number of fused-ring (bicyclic) bond motifs is 1. The Bertz CT molecular complexity index is 769. The number of hydrogen-bond acceptors (Lipinski definition) is 3. The molecular weight excluding hydrogens is 343 g/mol. The van der Waals surface area contributed by atoms with Gasteiger partial charge in [0.05, 0.1) is 10.6 Å². The van der Waals surface area contributed by atoms with Gasteiger partial charge in [-0.1, -0.05) is 29.8 Å². The van der Waals surface area contributed by atoms with Gasteiger partial charge in [-0.15, -0.1) is 0 Å². The van der Waals surface area contributed by atoms with Crippen LogP contribution in [0, 0.1) is 0 Å². The Kier molecular flexibility index (Phi) is 5.56. The van der Waals surface area contributed by atoms with Crippen molar-refractivity contribution in [3.05, 3.63) is 58.6 Å². The Balaban J connectivity index is 1.91. The number of carbonyl (C=O) groups is 1. The summed E-state index contributed by atoms with van der Waals surface area (Å²) in [7, 11) is 0. The third-order valence-corrected chi connectivity index (χ3v) is 4.45. The summed E-state index contributed by atoms with van der Waals surface area (Å²) in [5, 5.41) is 3.70. The Hall–Kier alpha value is -2.11. The molecule has 132 valence electrons. The molecule has 0 spiro atoms. The van der Waals surface area contributed by atoms with Gasteiger partial charge in [0.2, 0.25) is 0 Å². The molecule has 1 amide bonds. The third-order valence-electron chi connectivity index (χ3n) is 4.14. The fourth-order valence-electron chi connectivity index (χ4n) is 2.90. The van der Waals surface area contributed by atoms with Crippen LogP contribution in [0.3, 0.4) is 0 Å². The molecule has 0 fully saturated rings. The molecule has 0 unspecified atom stereocenters. The zero-order valence-corrected chi connectivity index (χ0v) is 14.7. The van der Waals surface area contributed by atoms with Crippen molar-refractivity contribution < 1.29 is 13.9 Å². The molecule has 1 aliphatic heterocycles. The van der Waals surface area contributed by atoms with Crippen molar-refractivity contribution in [3.63, 3.8) is 0 Å². The van der Waals surface area contributed by atoms with Crippen LogP contribution in [0.15, 0.2) is 42.5 Å². The largest absolute Gasteiger partial charge is 0.491 e. The fourth-order valence-corrected chi connectivity index (χ4v) is 3.15. The van der Waals surface area contributed by atoms with Crippen LogP contribution in [0.2, 0.25) is 5.02 Å². The SMILES string of the molecule is C[C@@H]1CN(C(=O)c2ccc(OCCF)cc2Cl)c2ccccc2CN1. The topological polar surface area (TPSA) is 41.6 Å². The highest BCUT2D eigenvalue weighted by Gasteiger charge is 2.26. The average Bonchev–Trinajstić information content (AvgIpc) is 2.79. The Morgan fingerprint density at radius 3 is 2.92 bits per heavy atom. The molecule has 3 rings (SSSR count). The predicted molar refractivity (Wildman–Crippen MR) is 97.3 cm³/mol. The van der Waals surface area contributed by atoms with E-state index in [9.17, 15) is 9.18 Å². The molecule has 2 aromatic carbocycles. The normalized spacial score (nSPS) is 16.9. The number of carbonyl (C=O) groups excluding carboxylic acids is 1. The first-order valence-corrected chi connectivity index (χ1v) is 8.59. The van der Waals surface area contributed by atoms with Crippen LogP contribution in [-0.4, -0.2) is 31.8 Å². The van der Waals surface area contributed by atoms with Gasteiger partial charge in [0.1, 0.15) is 19.0 Å². The molecule has 4 nitrogen and oxygen atoms in total. The summed E-state index contributed by atoms with van der Waals surface area (Å²) in [6.07, 6.45) is 0. The quantitative estimate of drug-likeness (QED) is 0.898. The Morgan fingerprint density at radius 2 is 2.16 bits per heavy atom. The maximum atomic E-state index is 13.1. The van der Waals surface area contributed by atoms with Crippen molar-refractivity contribution in [2.75, 3.05) is 24.7 Å². The lowest BCUT2D eigenvalue weighted by molar-refractivity contribution is 0.0985. The highest BCUT2D eigenvalue weighted by Crippen LogP contribution is 2.29. The number of anilines is 1. The van der Waals surface area contributed by atoms with Crippen LogP contribution in [-0.2, 0) is 6.54 Å². The first-order valence-electron chi connectivity index (χ1n) is 8.21. The second-order valence-corrected chi connectivity index (χ2v) is 6.41. The molecular formula is C19H20ClFN2O2. The molecule has 1 aliphatic rings. The molecule has 0 radical (unpaired) electrons. The lowest BCUT2D eigenvalue weighted by Gasteiger charge is -2.25. The Labute approximate surface area is 151 Å². The maximum absolute atomic E-state index is 13.1. The summed E-state index contributed by atoms with van der Waals surface area (Å²) in [5.74, 6) is 0.288. The number of alkyl halides is 1. The van der Waals surface area contributed by atoms with E-state index in [0.29, 0.717) is 29.4 Å². The average molecular weight is 363 g/mol. The standard InChI is InChI=1S/C19H20ClFN2O2/c1-13-12-23(18-5-3-2-4-14(18)11-22-13)19(24)16-7-6-15(10-17(16)20)25-9-8-21/h2-7,10,13,22H,8-9,11-12H2,1H3/t13-/m1/s1. The van der Waals surface area contributed by atoms with Crippen LogP contribution < -0.4 is 15.0 Å². The van der Waals surface area contributed by atoms with E-state index in [-0.39, 0.29) is 18.6 Å². The van der Waals surface area contributed by atoms with Gasteiger partial charge in [0, 0.05) is 24.8 Å². The summed E-state index contributed by atoms with van der Waals surface area (Å²) < 4.78 is 17.4. The van der Waals surface area contributed by atoms with Gasteiger partial charge >= 0.3 is 0 Å². The van der Waals surface area contributed by atoms with Crippen LogP contribution in [0.1, 0.15) is 22.8 Å². The van der Waals surface area contributed by atoms with Crippen LogP contribution >= 0.6 is 11.6 Å². The minimum Gasteiger partial charge on any atom is -0.491 e. The molecule has 2 aromatic rings. The summed E-state index contributed by atoms with van der Waals surface area (Å²) >= 11 is 6.29. The van der Waals surface area contributed by atoms with Gasteiger partial charge < -0.3 is 15.0 Å². The summed E-state index contributed by atoms with van der Waals surface area (Å²) in [6.45, 7) is 2.69. The number of rotatable bonds is 4. The van der Waals surface area contributed by atoms with E-state index < -0.39 is 6.67 Å². The van der Waals surface area contributed by atoms with Gasteiger partial charge in [-0.3, -0.25) is 4.79 Å². The number of hydrogen-bond donors (Lipinski definition) is 1. The van der Waals surface area contributed by atoms with E-state index in [1.807, 2.05) is 31.2 Å². The van der Waals surface area contributed by atoms with Crippen molar-refractivity contribution in [1.29, 1.82) is 0 Å². The van der Waals surface area contributed by atoms with Gasteiger partial charge in [-0.05, 0) is 36.8 Å². The molecule has 6 heteroatoms. The van der Waals surface area contributed by atoms with Crippen LogP contribution in [0.5, 0.6) is 5.75 Å². The zero-order valence-electron chi connectivity index (χ0n) is 14.0. The van der Waals surface area contributed by atoms with Crippen molar-refractivity contribution in [3.8, 4) is 5.75 Å². The van der Waals surface area contributed by atoms with Gasteiger partial charge in [0.25, 0.3) is 5.91 Å². The van der Waals surface area contributed by atoms with E-state index in [2.05, 4.69) is 5.32 Å². The maximum Gasteiger partial charge on any atom is 0.259 e. The number of benzene rings is 2. The molecule has 0 saturated heterocycles. The van der Waals surface area contributed by atoms with Crippen molar-refractivity contribution >= 4 is 23.2 Å². The second kappa shape index (κ2) is 7.85. The van der Waals surface area contributed by atoms with Crippen LogP contribution in [0.25, 0.3) is 0 Å². The number of nitrogens with one attached hydrogen (secondary N) is 1. The lowest BCUT2D eigenvalue weighted by atomic mass is 10.1. The number of amides is 1. The highest BCUT2D eigenvalue weighted by molar-refractivity contribution is 6.34. The minimum atomic E-state index is -0.576. The van der Waals surface area contributed by atoms with Crippen molar-refractivity contribution in [2.45, 2.75) is 19.5 Å². The van der Waals surface area contributed by atoms with E-state index in [1.165, 1.54) is 0 Å². The summed E-state index contributed by atoms with van der Waals surface area (Å²) in [5.41, 5.74) is 2.36. The van der Waals surface area contributed by atoms with Crippen molar-refractivity contribution in [2.24, 2.45) is 0 Å².